The van der Waals surface area contributed by atoms with E-state index in [2.05, 4.69) is 29.1 Å². The third-order valence-electron chi connectivity index (χ3n) is 7.26. The van der Waals surface area contributed by atoms with Crippen molar-refractivity contribution in [3.8, 4) is 0 Å². The number of nitrogens with one attached hydrogen (secondary N) is 1. The first kappa shape index (κ1) is 22.8. The van der Waals surface area contributed by atoms with Gasteiger partial charge in [0.25, 0.3) is 0 Å². The third-order valence-corrected chi connectivity index (χ3v) is 7.26. The van der Waals surface area contributed by atoms with Gasteiger partial charge < -0.3 is 19.9 Å². The van der Waals surface area contributed by atoms with E-state index >= 15 is 0 Å². The first-order chi connectivity index (χ1) is 14.9. The van der Waals surface area contributed by atoms with Crippen molar-refractivity contribution < 1.29 is 24.2 Å². The Labute approximate surface area is 188 Å². The second-order valence-electron chi connectivity index (χ2n) is 10.9. The van der Waals surface area contributed by atoms with Crippen LogP contribution in [0.4, 0.5) is 4.79 Å². The van der Waals surface area contributed by atoms with Crippen LogP contribution < -0.4 is 5.32 Å². The van der Waals surface area contributed by atoms with E-state index in [1.807, 2.05) is 0 Å². The first-order valence-electron chi connectivity index (χ1n) is 11.4. The predicted molar refractivity (Wildman–Crippen MR) is 115 cm³/mol. The SMILES string of the molecule is C=C1C(=O)O[C@@H]2C[C@@]3(C)CCC[C@](O)(Cn4cc(CNC(=O)OC(C)(C)C)nn4)[C@@H]3C[C@H]12. The Kier molecular flexibility index (Phi) is 5.59. The molecule has 1 aromatic rings. The van der Waals surface area contributed by atoms with Crippen molar-refractivity contribution in [3.63, 3.8) is 0 Å². The van der Waals surface area contributed by atoms with Crippen LogP contribution in [0.1, 0.15) is 65.5 Å². The minimum atomic E-state index is -0.965. The molecule has 1 saturated heterocycles. The van der Waals surface area contributed by atoms with Crippen molar-refractivity contribution in [2.24, 2.45) is 17.3 Å². The maximum Gasteiger partial charge on any atom is 0.407 e. The molecule has 2 heterocycles. The van der Waals surface area contributed by atoms with Gasteiger partial charge in [-0.3, -0.25) is 0 Å². The Balaban J connectivity index is 1.44. The number of alkyl carbamates (subject to hydrolysis) is 1. The number of aliphatic hydroxyl groups is 1. The zero-order valence-electron chi connectivity index (χ0n) is 19.4. The lowest BCUT2D eigenvalue weighted by Gasteiger charge is -2.55. The topological polar surface area (TPSA) is 116 Å². The van der Waals surface area contributed by atoms with Gasteiger partial charge in [-0.05, 0) is 64.2 Å². The number of hydrogen-bond acceptors (Lipinski definition) is 7. The van der Waals surface area contributed by atoms with Crippen LogP contribution in [0.3, 0.4) is 0 Å². The molecule has 3 aliphatic rings. The first-order valence-corrected chi connectivity index (χ1v) is 11.4. The summed E-state index contributed by atoms with van der Waals surface area (Å²) >= 11 is 0. The van der Waals surface area contributed by atoms with Crippen LogP contribution in [0.5, 0.6) is 0 Å². The highest BCUT2D eigenvalue weighted by Gasteiger charge is 2.58. The number of rotatable bonds is 4. The molecule has 2 N–H and O–H groups in total. The van der Waals surface area contributed by atoms with E-state index in [1.165, 1.54) is 0 Å². The van der Waals surface area contributed by atoms with Gasteiger partial charge in [-0.25, -0.2) is 14.3 Å². The lowest BCUT2D eigenvalue weighted by molar-refractivity contribution is -0.164. The molecular weight excluding hydrogens is 412 g/mol. The van der Waals surface area contributed by atoms with Crippen molar-refractivity contribution in [1.29, 1.82) is 0 Å². The van der Waals surface area contributed by atoms with Crippen LogP contribution in [0.2, 0.25) is 0 Å². The number of ether oxygens (including phenoxy) is 2. The molecule has 2 saturated carbocycles. The molecule has 1 aliphatic heterocycles. The third kappa shape index (κ3) is 4.40. The van der Waals surface area contributed by atoms with Crippen LogP contribution in [0.25, 0.3) is 0 Å². The highest BCUT2D eigenvalue weighted by molar-refractivity contribution is 5.90. The van der Waals surface area contributed by atoms with Crippen molar-refractivity contribution >= 4 is 12.1 Å². The van der Waals surface area contributed by atoms with E-state index in [4.69, 9.17) is 9.47 Å². The van der Waals surface area contributed by atoms with E-state index in [-0.39, 0.29) is 35.9 Å². The molecule has 176 valence electrons. The van der Waals surface area contributed by atoms with Crippen LogP contribution in [0.15, 0.2) is 18.3 Å². The van der Waals surface area contributed by atoms with Crippen LogP contribution in [-0.4, -0.2) is 49.5 Å². The fourth-order valence-corrected chi connectivity index (χ4v) is 5.85. The summed E-state index contributed by atoms with van der Waals surface area (Å²) in [5.41, 5.74) is -0.530. The molecule has 2 aliphatic carbocycles. The highest BCUT2D eigenvalue weighted by Crippen LogP contribution is 2.58. The zero-order chi connectivity index (χ0) is 23.3. The molecule has 9 heteroatoms. The Bertz CT molecular complexity index is 922. The van der Waals surface area contributed by atoms with Gasteiger partial charge in [-0.15, -0.1) is 5.10 Å². The molecule has 0 bridgehead atoms. The number of carbonyl (C=O) groups is 2. The number of hydrogen-bond donors (Lipinski definition) is 2. The Morgan fingerprint density at radius 2 is 2.19 bits per heavy atom. The molecular formula is C23H34N4O5. The van der Waals surface area contributed by atoms with Crippen molar-refractivity contribution in [2.75, 3.05) is 0 Å². The van der Waals surface area contributed by atoms with Gasteiger partial charge in [0.2, 0.25) is 0 Å². The quantitative estimate of drug-likeness (QED) is 0.540. The maximum atomic E-state index is 12.0. The molecule has 0 radical (unpaired) electrons. The van der Waals surface area contributed by atoms with Crippen LogP contribution in [0, 0.1) is 17.3 Å². The normalized spacial score (nSPS) is 34.5. The van der Waals surface area contributed by atoms with Gasteiger partial charge in [-0.2, -0.15) is 0 Å². The lowest BCUT2D eigenvalue weighted by Crippen LogP contribution is -2.57. The second kappa shape index (κ2) is 7.86. The average molecular weight is 447 g/mol. The maximum absolute atomic E-state index is 12.0. The molecule has 1 amide bonds. The van der Waals surface area contributed by atoms with E-state index in [9.17, 15) is 14.7 Å². The Hall–Kier alpha value is -2.42. The summed E-state index contributed by atoms with van der Waals surface area (Å²) < 4.78 is 12.5. The number of carbonyl (C=O) groups excluding carboxylic acids is 2. The standard InChI is InChI=1S/C23H34N4O5/c1-14-16-9-18-22(5,10-17(16)31-19(14)28)7-6-8-23(18,30)13-27-12-15(25-26-27)11-24-20(29)32-21(2,3)4/h12,16-18,30H,1,6-11,13H2,2-5H3,(H,24,29)/t16-,17-,18-,22-,23+/m1/s1. The van der Waals surface area contributed by atoms with Crippen LogP contribution in [-0.2, 0) is 27.4 Å². The van der Waals surface area contributed by atoms with Crippen molar-refractivity contribution in [3.05, 3.63) is 24.0 Å². The largest absolute Gasteiger partial charge is 0.458 e. The minimum Gasteiger partial charge on any atom is -0.458 e. The molecule has 1 aromatic heterocycles. The summed E-state index contributed by atoms with van der Waals surface area (Å²) in [5.74, 6) is -0.331. The van der Waals surface area contributed by atoms with E-state index in [1.54, 1.807) is 31.6 Å². The summed E-state index contributed by atoms with van der Waals surface area (Å²) in [6, 6.07) is 0. The summed E-state index contributed by atoms with van der Waals surface area (Å²) in [4.78, 5) is 23.9. The number of nitrogens with zero attached hydrogens (tertiary/aromatic N) is 3. The monoisotopic (exact) mass is 446 g/mol. The van der Waals surface area contributed by atoms with E-state index in [0.717, 1.165) is 19.3 Å². The molecule has 9 nitrogen and oxygen atoms in total. The van der Waals surface area contributed by atoms with Gasteiger partial charge in [-0.1, -0.05) is 18.7 Å². The Morgan fingerprint density at radius 3 is 2.91 bits per heavy atom. The summed E-state index contributed by atoms with van der Waals surface area (Å²) in [5, 5.41) is 22.8. The summed E-state index contributed by atoms with van der Waals surface area (Å²) in [6.07, 6.45) is 5.09. The predicted octanol–water partition coefficient (Wildman–Crippen LogP) is 2.73. The number of fused-ring (bicyclic) bond motifs is 2. The highest BCUT2D eigenvalue weighted by atomic mass is 16.6. The van der Waals surface area contributed by atoms with Gasteiger partial charge in [0, 0.05) is 11.5 Å². The van der Waals surface area contributed by atoms with Crippen molar-refractivity contribution in [1.82, 2.24) is 20.3 Å². The van der Waals surface area contributed by atoms with E-state index < -0.39 is 17.3 Å². The lowest BCUT2D eigenvalue weighted by atomic mass is 9.52. The summed E-state index contributed by atoms with van der Waals surface area (Å²) in [7, 11) is 0. The summed E-state index contributed by atoms with van der Waals surface area (Å²) in [6.45, 7) is 12.1. The molecule has 0 spiro atoms. The molecule has 0 aromatic carbocycles. The smallest absolute Gasteiger partial charge is 0.407 e. The minimum absolute atomic E-state index is 0.00351. The molecule has 0 unspecified atom stereocenters. The number of esters is 1. The number of aromatic nitrogens is 3. The zero-order valence-corrected chi connectivity index (χ0v) is 19.4. The number of amides is 1. The van der Waals surface area contributed by atoms with Crippen LogP contribution >= 0.6 is 0 Å². The molecule has 32 heavy (non-hydrogen) atoms. The van der Waals surface area contributed by atoms with Gasteiger partial charge in [0.05, 0.1) is 24.9 Å². The van der Waals surface area contributed by atoms with E-state index in [0.29, 0.717) is 30.7 Å². The fourth-order valence-electron chi connectivity index (χ4n) is 5.85. The molecule has 3 fully saturated rings. The van der Waals surface area contributed by atoms with Gasteiger partial charge in [0.1, 0.15) is 17.4 Å². The Morgan fingerprint density at radius 1 is 1.44 bits per heavy atom. The second-order valence-corrected chi connectivity index (χ2v) is 10.9. The van der Waals surface area contributed by atoms with Gasteiger partial charge >= 0.3 is 12.1 Å². The molecule has 5 atom stereocenters. The average Bonchev–Trinajstić information content (AvgIpc) is 3.21. The van der Waals surface area contributed by atoms with Gasteiger partial charge in [0.15, 0.2) is 0 Å². The van der Waals surface area contributed by atoms with Crippen molar-refractivity contribution in [2.45, 2.75) is 90.2 Å². The fraction of sp³-hybridized carbons (Fsp3) is 0.739. The molecule has 4 rings (SSSR count).